The van der Waals surface area contributed by atoms with Gasteiger partial charge in [0.1, 0.15) is 0 Å². The van der Waals surface area contributed by atoms with Crippen LogP contribution in [0, 0.1) is 0 Å². The summed E-state index contributed by atoms with van der Waals surface area (Å²) in [5, 5.41) is 0. The van der Waals surface area contributed by atoms with Crippen molar-refractivity contribution in [3.63, 3.8) is 0 Å². The maximum Gasteiger partial charge on any atom is 0.0575 e. The van der Waals surface area contributed by atoms with Gasteiger partial charge in [-0.05, 0) is 38.6 Å². The van der Waals surface area contributed by atoms with Crippen molar-refractivity contribution < 1.29 is 4.74 Å². The van der Waals surface area contributed by atoms with Crippen LogP contribution in [0.15, 0.2) is 0 Å². The summed E-state index contributed by atoms with van der Waals surface area (Å²) in [5.41, 5.74) is 0. The first-order valence-electron chi connectivity index (χ1n) is 7.37. The minimum atomic E-state index is 0.596. The van der Waals surface area contributed by atoms with E-state index in [1.165, 1.54) is 76.1 Å². The van der Waals surface area contributed by atoms with Crippen molar-refractivity contribution in [2.24, 2.45) is 0 Å². The Morgan fingerprint density at radius 3 is 2.71 bits per heavy atom. The molecule has 0 radical (unpaired) electrons. The third-order valence-electron chi connectivity index (χ3n) is 3.85. The van der Waals surface area contributed by atoms with Crippen LogP contribution in [0.5, 0.6) is 0 Å². The number of hydrogen-bond acceptors (Lipinski definition) is 3. The van der Waals surface area contributed by atoms with Gasteiger partial charge in [0, 0.05) is 24.8 Å². The van der Waals surface area contributed by atoms with Gasteiger partial charge < -0.3 is 4.74 Å². The van der Waals surface area contributed by atoms with E-state index in [0.717, 1.165) is 6.61 Å². The van der Waals surface area contributed by atoms with Gasteiger partial charge in [-0.15, -0.1) is 11.8 Å². The van der Waals surface area contributed by atoms with Crippen molar-refractivity contribution in [3.05, 3.63) is 0 Å². The van der Waals surface area contributed by atoms with Crippen molar-refractivity contribution in [2.75, 3.05) is 31.3 Å². The maximum absolute atomic E-state index is 5.94. The molecule has 2 fully saturated rings. The van der Waals surface area contributed by atoms with Crippen molar-refractivity contribution in [2.45, 2.75) is 57.5 Å². The lowest BCUT2D eigenvalue weighted by molar-refractivity contribution is 0.0261. The molecule has 1 heterocycles. The molecule has 17 heavy (non-hydrogen) atoms. The number of nitrogens with zero attached hydrogens (tertiary/aromatic N) is 1. The first kappa shape index (κ1) is 13.7. The number of thioether (sulfide) groups is 1. The fraction of sp³-hybridized carbons (Fsp3) is 1.00. The largest absolute Gasteiger partial charge is 0.378 e. The standard InChI is InChI=1S/C14H27NOS/c1-3-7-14(8-4-1)16-11-6-2-5-9-15-10-12-17-13-15/h14H,1-13H2. The van der Waals surface area contributed by atoms with Crippen LogP contribution < -0.4 is 0 Å². The molecule has 0 amide bonds. The smallest absolute Gasteiger partial charge is 0.0575 e. The molecule has 3 heteroatoms. The van der Waals surface area contributed by atoms with E-state index in [9.17, 15) is 0 Å². The van der Waals surface area contributed by atoms with Crippen molar-refractivity contribution in [1.29, 1.82) is 0 Å². The second-order valence-electron chi connectivity index (χ2n) is 5.35. The summed E-state index contributed by atoms with van der Waals surface area (Å²) in [4.78, 5) is 2.58. The van der Waals surface area contributed by atoms with E-state index in [-0.39, 0.29) is 0 Å². The third kappa shape index (κ3) is 5.62. The van der Waals surface area contributed by atoms with Crippen LogP contribution in [0.3, 0.4) is 0 Å². The Labute approximate surface area is 110 Å². The average Bonchev–Trinajstić information content (AvgIpc) is 2.88. The van der Waals surface area contributed by atoms with Crippen LogP contribution in [0.1, 0.15) is 51.4 Å². The lowest BCUT2D eigenvalue weighted by Crippen LogP contribution is -2.21. The highest BCUT2D eigenvalue weighted by atomic mass is 32.2. The SMILES string of the molecule is C1CCC(OCCCCCN2CCSC2)CC1. The fourth-order valence-electron chi connectivity index (χ4n) is 2.72. The highest BCUT2D eigenvalue weighted by molar-refractivity contribution is 7.99. The Morgan fingerprint density at radius 2 is 1.94 bits per heavy atom. The number of ether oxygens (including phenoxy) is 1. The van der Waals surface area contributed by atoms with Gasteiger partial charge in [-0.1, -0.05) is 19.3 Å². The van der Waals surface area contributed by atoms with Crippen molar-refractivity contribution >= 4 is 11.8 Å². The minimum Gasteiger partial charge on any atom is -0.378 e. The van der Waals surface area contributed by atoms with Gasteiger partial charge in [0.05, 0.1) is 6.10 Å². The van der Waals surface area contributed by atoms with E-state index >= 15 is 0 Å². The summed E-state index contributed by atoms with van der Waals surface area (Å²) < 4.78 is 5.94. The minimum absolute atomic E-state index is 0.596. The van der Waals surface area contributed by atoms with Crippen LogP contribution in [-0.4, -0.2) is 42.3 Å². The Bertz CT molecular complexity index is 189. The van der Waals surface area contributed by atoms with Crippen LogP contribution in [0.25, 0.3) is 0 Å². The Kier molecular flexibility index (Phi) is 6.76. The van der Waals surface area contributed by atoms with Gasteiger partial charge >= 0.3 is 0 Å². The van der Waals surface area contributed by atoms with Gasteiger partial charge in [-0.3, -0.25) is 4.90 Å². The summed E-state index contributed by atoms with van der Waals surface area (Å²) in [6.07, 6.45) is 11.4. The first-order chi connectivity index (χ1) is 8.45. The van der Waals surface area contributed by atoms with Gasteiger partial charge in [0.2, 0.25) is 0 Å². The zero-order chi connectivity index (χ0) is 11.8. The fourth-order valence-corrected chi connectivity index (χ4v) is 3.76. The van der Waals surface area contributed by atoms with Crippen LogP contribution in [0.4, 0.5) is 0 Å². The number of hydrogen-bond donors (Lipinski definition) is 0. The van der Waals surface area contributed by atoms with Crippen molar-refractivity contribution in [1.82, 2.24) is 4.90 Å². The molecule has 0 bridgehead atoms. The molecule has 2 nitrogen and oxygen atoms in total. The Balaban J connectivity index is 1.38. The molecule has 2 rings (SSSR count). The molecule has 0 aromatic heterocycles. The topological polar surface area (TPSA) is 12.5 Å². The van der Waals surface area contributed by atoms with E-state index in [2.05, 4.69) is 16.7 Å². The van der Waals surface area contributed by atoms with E-state index in [4.69, 9.17) is 4.74 Å². The zero-order valence-corrected chi connectivity index (χ0v) is 11.8. The normalized spacial score (nSPS) is 23.3. The second kappa shape index (κ2) is 8.39. The lowest BCUT2D eigenvalue weighted by atomic mass is 9.98. The predicted octanol–water partition coefficient (Wildman–Crippen LogP) is 3.51. The van der Waals surface area contributed by atoms with Crippen molar-refractivity contribution in [3.8, 4) is 0 Å². The van der Waals surface area contributed by atoms with E-state index in [1.807, 2.05) is 0 Å². The van der Waals surface area contributed by atoms with Gasteiger partial charge in [-0.25, -0.2) is 0 Å². The molecular formula is C14H27NOS. The summed E-state index contributed by atoms with van der Waals surface area (Å²) in [6.45, 7) is 3.61. The third-order valence-corrected chi connectivity index (χ3v) is 4.87. The second-order valence-corrected chi connectivity index (χ2v) is 6.42. The van der Waals surface area contributed by atoms with E-state index in [0.29, 0.717) is 6.10 Å². The highest BCUT2D eigenvalue weighted by Crippen LogP contribution is 2.20. The molecule has 0 N–H and O–H groups in total. The molecule has 1 aliphatic carbocycles. The molecular weight excluding hydrogens is 230 g/mol. The monoisotopic (exact) mass is 257 g/mol. The summed E-state index contributed by atoms with van der Waals surface area (Å²) in [7, 11) is 0. The van der Waals surface area contributed by atoms with Crippen LogP contribution >= 0.6 is 11.8 Å². The van der Waals surface area contributed by atoms with E-state index in [1.54, 1.807) is 0 Å². The van der Waals surface area contributed by atoms with Crippen LogP contribution in [-0.2, 0) is 4.74 Å². The van der Waals surface area contributed by atoms with Gasteiger partial charge in [-0.2, -0.15) is 0 Å². The molecule has 0 unspecified atom stereocenters. The molecule has 0 aromatic rings. The summed E-state index contributed by atoms with van der Waals surface area (Å²) in [5.74, 6) is 2.60. The Morgan fingerprint density at radius 1 is 1.06 bits per heavy atom. The molecule has 1 saturated carbocycles. The Hall–Kier alpha value is 0.270. The predicted molar refractivity (Wildman–Crippen MR) is 75.6 cm³/mol. The number of rotatable bonds is 7. The molecule has 1 saturated heterocycles. The summed E-state index contributed by atoms with van der Waals surface area (Å²) in [6, 6.07) is 0. The van der Waals surface area contributed by atoms with E-state index < -0.39 is 0 Å². The van der Waals surface area contributed by atoms with Gasteiger partial charge in [0.15, 0.2) is 0 Å². The quantitative estimate of drug-likeness (QED) is 0.648. The highest BCUT2D eigenvalue weighted by Gasteiger charge is 2.13. The van der Waals surface area contributed by atoms with Gasteiger partial charge in [0.25, 0.3) is 0 Å². The molecule has 0 spiro atoms. The molecule has 0 aromatic carbocycles. The number of unbranched alkanes of at least 4 members (excludes halogenated alkanes) is 2. The zero-order valence-electron chi connectivity index (χ0n) is 11.0. The molecule has 2 aliphatic rings. The maximum atomic E-state index is 5.94. The summed E-state index contributed by atoms with van der Waals surface area (Å²) >= 11 is 2.07. The molecule has 100 valence electrons. The first-order valence-corrected chi connectivity index (χ1v) is 8.52. The lowest BCUT2D eigenvalue weighted by Gasteiger charge is -2.22. The molecule has 0 atom stereocenters. The molecule has 1 aliphatic heterocycles. The van der Waals surface area contributed by atoms with Crippen LogP contribution in [0.2, 0.25) is 0 Å². The average molecular weight is 257 g/mol.